The Hall–Kier alpha value is -2.92. The lowest BCUT2D eigenvalue weighted by atomic mass is 10.1. The third-order valence-electron chi connectivity index (χ3n) is 4.11. The second kappa shape index (κ2) is 7.54. The van der Waals surface area contributed by atoms with E-state index in [2.05, 4.69) is 5.32 Å². The summed E-state index contributed by atoms with van der Waals surface area (Å²) in [5.74, 6) is -0.247. The van der Waals surface area contributed by atoms with Gasteiger partial charge in [-0.05, 0) is 44.5 Å². The van der Waals surface area contributed by atoms with Crippen molar-refractivity contribution in [2.45, 2.75) is 26.9 Å². The van der Waals surface area contributed by atoms with Gasteiger partial charge in [0.1, 0.15) is 5.65 Å². The highest BCUT2D eigenvalue weighted by Crippen LogP contribution is 2.26. The normalized spacial score (nSPS) is 12.6. The number of fused-ring (bicyclic) bond motifs is 1. The maximum Gasteiger partial charge on any atom is 0.244 e. The van der Waals surface area contributed by atoms with Gasteiger partial charge in [-0.15, -0.1) is 0 Å². The van der Waals surface area contributed by atoms with E-state index in [1.807, 2.05) is 60.8 Å². The van der Waals surface area contributed by atoms with Crippen LogP contribution in [0.3, 0.4) is 0 Å². The summed E-state index contributed by atoms with van der Waals surface area (Å²) in [4.78, 5) is 16.8. The number of nitrogens with one attached hydrogen (secondary N) is 1. The molecule has 0 saturated carbocycles. The highest BCUT2D eigenvalue weighted by atomic mass is 16.3. The molecule has 5 nitrogen and oxygen atoms in total. The van der Waals surface area contributed by atoms with E-state index in [4.69, 9.17) is 4.98 Å². The number of aromatic nitrogens is 2. The predicted octanol–water partition coefficient (Wildman–Crippen LogP) is 3.13. The Kier molecular flexibility index (Phi) is 5.19. The number of benzene rings is 1. The number of hydrogen-bond donors (Lipinski definition) is 2. The van der Waals surface area contributed by atoms with Crippen molar-refractivity contribution < 1.29 is 9.90 Å². The first-order chi connectivity index (χ1) is 12.4. The maximum absolute atomic E-state index is 12.0. The van der Waals surface area contributed by atoms with Crippen LogP contribution in [-0.2, 0) is 4.79 Å². The third-order valence-corrected chi connectivity index (χ3v) is 4.11. The van der Waals surface area contributed by atoms with E-state index in [0.29, 0.717) is 0 Å². The standard InChI is InChI=1S/C21H23N3O2/c1-14-4-6-17(7-5-14)21-18(8-9-20(26)22-13-16(3)25)24-11-10-15(2)12-19(24)23-21/h4-12,16,25H,13H2,1-3H3,(H,22,26)/b9-8+. The second-order valence-corrected chi connectivity index (χ2v) is 6.57. The molecule has 1 amide bonds. The summed E-state index contributed by atoms with van der Waals surface area (Å²) < 4.78 is 1.97. The molecule has 1 aromatic carbocycles. The largest absolute Gasteiger partial charge is 0.392 e. The van der Waals surface area contributed by atoms with E-state index < -0.39 is 6.10 Å². The van der Waals surface area contributed by atoms with Crippen molar-refractivity contribution >= 4 is 17.6 Å². The molecule has 0 fully saturated rings. The van der Waals surface area contributed by atoms with Crippen LogP contribution in [0, 0.1) is 13.8 Å². The summed E-state index contributed by atoms with van der Waals surface area (Å²) in [5.41, 5.74) is 5.82. The van der Waals surface area contributed by atoms with Crippen molar-refractivity contribution in [3.63, 3.8) is 0 Å². The van der Waals surface area contributed by atoms with Crippen LogP contribution in [-0.4, -0.2) is 33.0 Å². The lowest BCUT2D eigenvalue weighted by molar-refractivity contribution is -0.116. The van der Waals surface area contributed by atoms with Gasteiger partial charge in [0.25, 0.3) is 0 Å². The zero-order valence-electron chi connectivity index (χ0n) is 15.2. The van der Waals surface area contributed by atoms with Crippen molar-refractivity contribution in [1.29, 1.82) is 0 Å². The van der Waals surface area contributed by atoms with Crippen LogP contribution in [0.5, 0.6) is 0 Å². The Bertz CT molecular complexity index is 953. The molecule has 0 aliphatic rings. The number of rotatable bonds is 5. The molecule has 26 heavy (non-hydrogen) atoms. The van der Waals surface area contributed by atoms with Crippen LogP contribution in [0.15, 0.2) is 48.7 Å². The molecule has 0 saturated heterocycles. The highest BCUT2D eigenvalue weighted by molar-refractivity contribution is 5.92. The van der Waals surface area contributed by atoms with Crippen molar-refractivity contribution in [2.24, 2.45) is 0 Å². The Morgan fingerprint density at radius 1 is 1.23 bits per heavy atom. The fourth-order valence-electron chi connectivity index (χ4n) is 2.71. The number of carbonyl (C=O) groups excluding carboxylic acids is 1. The minimum Gasteiger partial charge on any atom is -0.392 e. The lowest BCUT2D eigenvalue weighted by Gasteiger charge is -2.04. The quantitative estimate of drug-likeness (QED) is 0.696. The van der Waals surface area contributed by atoms with E-state index in [9.17, 15) is 9.90 Å². The van der Waals surface area contributed by atoms with E-state index >= 15 is 0 Å². The molecule has 1 unspecified atom stereocenters. The van der Waals surface area contributed by atoms with Gasteiger partial charge in [-0.2, -0.15) is 0 Å². The summed E-state index contributed by atoms with van der Waals surface area (Å²) in [6, 6.07) is 12.2. The second-order valence-electron chi connectivity index (χ2n) is 6.57. The summed E-state index contributed by atoms with van der Waals surface area (Å²) in [7, 11) is 0. The monoisotopic (exact) mass is 349 g/mol. The summed E-state index contributed by atoms with van der Waals surface area (Å²) in [5, 5.41) is 11.9. The van der Waals surface area contributed by atoms with Crippen LogP contribution in [0.2, 0.25) is 0 Å². The first-order valence-electron chi connectivity index (χ1n) is 8.64. The van der Waals surface area contributed by atoms with Gasteiger partial charge in [0.2, 0.25) is 5.91 Å². The molecule has 1 atom stereocenters. The summed E-state index contributed by atoms with van der Waals surface area (Å²) in [6.45, 7) is 5.93. The van der Waals surface area contributed by atoms with Crippen LogP contribution in [0.1, 0.15) is 23.7 Å². The molecule has 2 aromatic heterocycles. The van der Waals surface area contributed by atoms with Gasteiger partial charge in [0, 0.05) is 24.4 Å². The van der Waals surface area contributed by atoms with Crippen LogP contribution < -0.4 is 5.32 Å². The molecular weight excluding hydrogens is 326 g/mol. The molecular formula is C21H23N3O2. The average molecular weight is 349 g/mol. The zero-order chi connectivity index (χ0) is 18.7. The maximum atomic E-state index is 12.0. The van der Waals surface area contributed by atoms with Crippen molar-refractivity contribution in [1.82, 2.24) is 14.7 Å². The van der Waals surface area contributed by atoms with E-state index in [-0.39, 0.29) is 12.5 Å². The first kappa shape index (κ1) is 17.9. The Balaban J connectivity index is 2.02. The molecule has 0 aliphatic heterocycles. The fourth-order valence-corrected chi connectivity index (χ4v) is 2.71. The Labute approximate surface area is 153 Å². The van der Waals surface area contributed by atoms with Crippen LogP contribution >= 0.6 is 0 Å². The molecule has 2 N–H and O–H groups in total. The third kappa shape index (κ3) is 4.00. The predicted molar refractivity (Wildman–Crippen MR) is 104 cm³/mol. The van der Waals surface area contributed by atoms with E-state index in [0.717, 1.165) is 28.2 Å². The van der Waals surface area contributed by atoms with Crippen LogP contribution in [0.4, 0.5) is 0 Å². The number of imidazole rings is 1. The number of hydrogen-bond acceptors (Lipinski definition) is 3. The molecule has 3 aromatic rings. The van der Waals surface area contributed by atoms with Gasteiger partial charge >= 0.3 is 0 Å². The topological polar surface area (TPSA) is 66.6 Å². The number of aliphatic hydroxyl groups is 1. The zero-order valence-corrected chi connectivity index (χ0v) is 15.2. The van der Waals surface area contributed by atoms with Crippen molar-refractivity contribution in [2.75, 3.05) is 6.54 Å². The first-order valence-corrected chi connectivity index (χ1v) is 8.64. The molecule has 0 aliphatic carbocycles. The van der Waals surface area contributed by atoms with Crippen molar-refractivity contribution in [3.05, 3.63) is 65.5 Å². The van der Waals surface area contributed by atoms with Crippen molar-refractivity contribution in [3.8, 4) is 11.3 Å². The Morgan fingerprint density at radius 3 is 2.65 bits per heavy atom. The Morgan fingerprint density at radius 2 is 1.96 bits per heavy atom. The molecule has 0 spiro atoms. The highest BCUT2D eigenvalue weighted by Gasteiger charge is 2.12. The average Bonchev–Trinajstić information content (AvgIpc) is 2.96. The van der Waals surface area contributed by atoms with Gasteiger partial charge < -0.3 is 10.4 Å². The van der Waals surface area contributed by atoms with Gasteiger partial charge in [-0.3, -0.25) is 9.20 Å². The lowest BCUT2D eigenvalue weighted by Crippen LogP contribution is -2.28. The molecule has 2 heterocycles. The van der Waals surface area contributed by atoms with Gasteiger partial charge in [-0.25, -0.2) is 4.98 Å². The smallest absolute Gasteiger partial charge is 0.244 e. The minimum atomic E-state index is -0.575. The molecule has 0 radical (unpaired) electrons. The van der Waals surface area contributed by atoms with E-state index in [1.54, 1.807) is 13.0 Å². The number of aryl methyl sites for hydroxylation is 2. The number of amides is 1. The number of nitrogens with zero attached hydrogens (tertiary/aromatic N) is 2. The molecule has 3 rings (SSSR count). The van der Waals surface area contributed by atoms with Crippen LogP contribution in [0.25, 0.3) is 23.0 Å². The SMILES string of the molecule is Cc1ccc(-c2nc3cc(C)ccn3c2/C=C/C(=O)NCC(C)O)cc1. The molecule has 134 valence electrons. The van der Waals surface area contributed by atoms with E-state index in [1.165, 1.54) is 11.6 Å². The summed E-state index contributed by atoms with van der Waals surface area (Å²) >= 11 is 0. The van der Waals surface area contributed by atoms with Gasteiger partial charge in [0.05, 0.1) is 17.5 Å². The molecule has 5 heteroatoms. The fraction of sp³-hybridized carbons (Fsp3) is 0.238. The molecule has 0 bridgehead atoms. The number of pyridine rings is 1. The van der Waals surface area contributed by atoms with Gasteiger partial charge in [0.15, 0.2) is 0 Å². The minimum absolute atomic E-state index is 0.223. The number of carbonyl (C=O) groups is 1. The number of aliphatic hydroxyl groups excluding tert-OH is 1. The summed E-state index contributed by atoms with van der Waals surface area (Å²) in [6.07, 6.45) is 4.63. The van der Waals surface area contributed by atoms with Gasteiger partial charge in [-0.1, -0.05) is 29.8 Å².